The second-order valence-electron chi connectivity index (χ2n) is 7.31. The van der Waals surface area contributed by atoms with Crippen LogP contribution in [0.2, 0.25) is 0 Å². The van der Waals surface area contributed by atoms with Gasteiger partial charge in [0.25, 0.3) is 0 Å². The molecule has 6 heterocycles. The van der Waals surface area contributed by atoms with E-state index < -0.39 is 0 Å². The molecule has 0 saturated heterocycles. The number of hydrogen-bond donors (Lipinski definition) is 3. The average Bonchev–Trinajstić information content (AvgIpc) is 3.51. The molecule has 0 unspecified atom stereocenters. The summed E-state index contributed by atoms with van der Waals surface area (Å²) in [6.45, 7) is 1.86. The average molecular weight is 416 g/mol. The smallest absolute Gasteiger partial charge is 0.176 e. The third-order valence-corrected chi connectivity index (χ3v) is 6.40. The van der Waals surface area contributed by atoms with Crippen LogP contribution in [0.4, 0.5) is 4.39 Å². The van der Waals surface area contributed by atoms with E-state index in [1.165, 1.54) is 11.6 Å². The van der Waals surface area contributed by atoms with Crippen molar-refractivity contribution in [2.24, 2.45) is 0 Å². The maximum Gasteiger partial charge on any atom is 0.176 e. The highest BCUT2D eigenvalue weighted by Gasteiger charge is 2.16. The van der Waals surface area contributed by atoms with Gasteiger partial charge >= 0.3 is 0 Å². The number of rotatable bonds is 3. The first kappa shape index (κ1) is 17.5. The lowest BCUT2D eigenvalue weighted by molar-refractivity contribution is 0.657. The van der Waals surface area contributed by atoms with Gasteiger partial charge in [0, 0.05) is 40.2 Å². The molecule has 0 atom stereocenters. The summed E-state index contributed by atoms with van der Waals surface area (Å²) in [6.07, 6.45) is 8.66. The van der Waals surface area contributed by atoms with E-state index in [-0.39, 0.29) is 5.13 Å². The molecular formula is C22H17FN6S. The van der Waals surface area contributed by atoms with Gasteiger partial charge in [-0.05, 0) is 48.4 Å². The topological polar surface area (TPSA) is 82.3 Å². The molecule has 0 spiro atoms. The Labute approximate surface area is 174 Å². The third-order valence-electron chi connectivity index (χ3n) is 5.49. The number of thiophene rings is 1. The van der Waals surface area contributed by atoms with Crippen molar-refractivity contribution < 1.29 is 4.39 Å². The maximum absolute atomic E-state index is 13.6. The molecule has 6 nitrogen and oxygen atoms in total. The number of fused-ring (bicyclic) bond motifs is 2. The lowest BCUT2D eigenvalue weighted by atomic mass is 10.0. The summed E-state index contributed by atoms with van der Waals surface area (Å²) in [5, 5.41) is 12.7. The van der Waals surface area contributed by atoms with E-state index in [0.29, 0.717) is 0 Å². The highest BCUT2D eigenvalue weighted by Crippen LogP contribution is 2.36. The van der Waals surface area contributed by atoms with E-state index in [4.69, 9.17) is 0 Å². The summed E-state index contributed by atoms with van der Waals surface area (Å²) in [7, 11) is 0. The molecule has 148 valence electrons. The van der Waals surface area contributed by atoms with Crippen molar-refractivity contribution in [3.05, 3.63) is 59.6 Å². The van der Waals surface area contributed by atoms with E-state index in [0.717, 1.165) is 80.2 Å². The monoisotopic (exact) mass is 416 g/mol. The molecule has 0 aliphatic carbocycles. The molecule has 0 fully saturated rings. The van der Waals surface area contributed by atoms with Gasteiger partial charge in [0.1, 0.15) is 5.69 Å². The van der Waals surface area contributed by atoms with Crippen LogP contribution in [0.3, 0.4) is 0 Å². The van der Waals surface area contributed by atoms with Crippen LogP contribution in [0.5, 0.6) is 0 Å². The van der Waals surface area contributed by atoms with Crippen LogP contribution in [-0.2, 0) is 0 Å². The summed E-state index contributed by atoms with van der Waals surface area (Å²) < 4.78 is 13.6. The molecule has 3 N–H and O–H groups in total. The zero-order valence-electron chi connectivity index (χ0n) is 15.9. The molecule has 8 heteroatoms. The molecule has 6 rings (SSSR count). The lowest BCUT2D eigenvalue weighted by Crippen LogP contribution is -2.20. The summed E-state index contributed by atoms with van der Waals surface area (Å²) in [4.78, 5) is 13.2. The molecule has 30 heavy (non-hydrogen) atoms. The summed E-state index contributed by atoms with van der Waals surface area (Å²) in [6, 6.07) is 7.47. The van der Waals surface area contributed by atoms with Gasteiger partial charge in [0.2, 0.25) is 0 Å². The van der Waals surface area contributed by atoms with Crippen LogP contribution < -0.4 is 5.32 Å². The van der Waals surface area contributed by atoms with Gasteiger partial charge in [-0.3, -0.25) is 10.1 Å². The van der Waals surface area contributed by atoms with Gasteiger partial charge in [-0.25, -0.2) is 4.98 Å². The summed E-state index contributed by atoms with van der Waals surface area (Å²) >= 11 is 1.12. The number of aromatic amines is 2. The molecule has 0 bridgehead atoms. The standard InChI is InChI=1S/C22H17FN6S/c23-20-2-1-19(30-20)16-10-25-11-18-14(16)8-17(27-18)21-15-7-13(9-26-22(15)29-28-21)12-3-5-24-6-4-12/h1-3,7-11,24,27H,4-6H2,(H,26,28,29). The van der Waals surface area contributed by atoms with E-state index in [2.05, 4.69) is 48.7 Å². The largest absolute Gasteiger partial charge is 0.352 e. The fourth-order valence-electron chi connectivity index (χ4n) is 4.00. The van der Waals surface area contributed by atoms with Crippen molar-refractivity contribution >= 4 is 38.8 Å². The van der Waals surface area contributed by atoms with Crippen LogP contribution in [-0.4, -0.2) is 38.2 Å². The van der Waals surface area contributed by atoms with Crippen LogP contribution in [0.1, 0.15) is 12.0 Å². The van der Waals surface area contributed by atoms with Crippen molar-refractivity contribution in [1.29, 1.82) is 0 Å². The molecule has 0 radical (unpaired) electrons. The maximum atomic E-state index is 13.6. The Morgan fingerprint density at radius 2 is 2.03 bits per heavy atom. The quantitative estimate of drug-likeness (QED) is 0.397. The number of nitrogens with zero attached hydrogens (tertiary/aromatic N) is 3. The van der Waals surface area contributed by atoms with Crippen molar-refractivity contribution in [3.63, 3.8) is 0 Å². The second kappa shape index (κ2) is 6.86. The van der Waals surface area contributed by atoms with Crippen molar-refractivity contribution in [3.8, 4) is 21.8 Å². The van der Waals surface area contributed by atoms with Gasteiger partial charge in [-0.1, -0.05) is 6.08 Å². The summed E-state index contributed by atoms with van der Waals surface area (Å²) in [5.74, 6) is 0. The second-order valence-corrected chi connectivity index (χ2v) is 8.34. The number of aromatic nitrogens is 5. The van der Waals surface area contributed by atoms with Gasteiger partial charge in [-0.2, -0.15) is 9.49 Å². The number of hydrogen-bond acceptors (Lipinski definition) is 5. The molecule has 0 aromatic carbocycles. The minimum atomic E-state index is -0.207. The minimum Gasteiger partial charge on any atom is -0.352 e. The van der Waals surface area contributed by atoms with E-state index in [9.17, 15) is 4.39 Å². The molecule has 0 amide bonds. The Balaban J connectivity index is 1.49. The van der Waals surface area contributed by atoms with Crippen molar-refractivity contribution in [2.45, 2.75) is 6.42 Å². The summed E-state index contributed by atoms with van der Waals surface area (Å²) in [5.41, 5.74) is 6.66. The zero-order chi connectivity index (χ0) is 20.1. The Kier molecular flexibility index (Phi) is 4.00. The first-order valence-electron chi connectivity index (χ1n) is 9.73. The zero-order valence-corrected chi connectivity index (χ0v) is 16.7. The molecule has 5 aromatic heterocycles. The van der Waals surface area contributed by atoms with Crippen LogP contribution in [0.25, 0.3) is 49.3 Å². The van der Waals surface area contributed by atoms with E-state index >= 15 is 0 Å². The van der Waals surface area contributed by atoms with Crippen molar-refractivity contribution in [1.82, 2.24) is 30.5 Å². The van der Waals surface area contributed by atoms with Gasteiger partial charge in [0.05, 0.1) is 17.4 Å². The first-order chi connectivity index (χ1) is 14.8. The fraction of sp³-hybridized carbons (Fsp3) is 0.136. The minimum absolute atomic E-state index is 0.207. The predicted molar refractivity (Wildman–Crippen MR) is 118 cm³/mol. The van der Waals surface area contributed by atoms with E-state index in [1.54, 1.807) is 18.5 Å². The Morgan fingerprint density at radius 1 is 1.07 bits per heavy atom. The van der Waals surface area contributed by atoms with Crippen LogP contribution in [0.15, 0.2) is 48.9 Å². The Hall–Kier alpha value is -3.36. The van der Waals surface area contributed by atoms with Gasteiger partial charge in [-0.15, -0.1) is 11.3 Å². The molecule has 5 aromatic rings. The Bertz CT molecular complexity index is 1430. The molecular weight excluding hydrogens is 399 g/mol. The lowest BCUT2D eigenvalue weighted by Gasteiger charge is -2.13. The number of halogens is 1. The van der Waals surface area contributed by atoms with Gasteiger partial charge in [0.15, 0.2) is 10.8 Å². The first-order valence-corrected chi connectivity index (χ1v) is 10.5. The molecule has 0 saturated carbocycles. The van der Waals surface area contributed by atoms with Crippen LogP contribution >= 0.6 is 11.3 Å². The number of H-pyrrole nitrogens is 2. The highest BCUT2D eigenvalue weighted by atomic mass is 32.1. The highest BCUT2D eigenvalue weighted by molar-refractivity contribution is 7.14. The number of nitrogens with one attached hydrogen (secondary N) is 3. The SMILES string of the molecule is Fc1ccc(-c2cncc3[nH]c(-c4n[nH]c5ncc(C6=CCNCC6)cc45)cc23)s1. The normalized spacial score (nSPS) is 14.5. The van der Waals surface area contributed by atoms with Crippen molar-refractivity contribution in [2.75, 3.05) is 13.1 Å². The van der Waals surface area contributed by atoms with E-state index in [1.807, 2.05) is 6.20 Å². The third kappa shape index (κ3) is 2.84. The van der Waals surface area contributed by atoms with Gasteiger partial charge < -0.3 is 10.3 Å². The van der Waals surface area contributed by atoms with Crippen LogP contribution in [0, 0.1) is 5.13 Å². The number of pyridine rings is 2. The molecule has 1 aliphatic rings. The Morgan fingerprint density at radius 3 is 2.87 bits per heavy atom. The molecule has 1 aliphatic heterocycles. The fourth-order valence-corrected chi connectivity index (χ4v) is 4.76. The predicted octanol–water partition coefficient (Wildman–Crippen LogP) is 4.75.